The Morgan fingerprint density at radius 3 is 2.87 bits per heavy atom. The number of hydrogen-bond acceptors (Lipinski definition) is 7. The number of halogens is 1. The Kier molecular flexibility index (Phi) is 8.24. The first-order valence-electron chi connectivity index (χ1n) is 9.71. The Labute approximate surface area is 186 Å². The third kappa shape index (κ3) is 6.43. The molecule has 0 aromatic heterocycles. The van der Waals surface area contributed by atoms with Gasteiger partial charge in [0.15, 0.2) is 11.5 Å². The van der Waals surface area contributed by atoms with Crippen molar-refractivity contribution in [2.75, 3.05) is 40.0 Å². The molecule has 1 fully saturated rings. The molecule has 3 rings (SSSR count). The third-order valence-corrected chi connectivity index (χ3v) is 4.92. The summed E-state index contributed by atoms with van der Waals surface area (Å²) in [5, 5.41) is 13.5. The smallest absolute Gasteiger partial charge is 0.254 e. The lowest BCUT2D eigenvalue weighted by Crippen LogP contribution is -2.42. The summed E-state index contributed by atoms with van der Waals surface area (Å²) in [5.41, 5.74) is 4.43. The number of benzene rings is 2. The monoisotopic (exact) mass is 442 g/mol. The van der Waals surface area contributed by atoms with Crippen molar-refractivity contribution in [2.45, 2.75) is 6.61 Å². The van der Waals surface area contributed by atoms with Crippen molar-refractivity contribution in [3.8, 4) is 17.6 Å². The van der Waals surface area contributed by atoms with Crippen molar-refractivity contribution in [3.05, 3.63) is 58.1 Å². The van der Waals surface area contributed by atoms with Crippen LogP contribution in [0.15, 0.2) is 41.5 Å². The van der Waals surface area contributed by atoms with Crippen LogP contribution >= 0.6 is 11.6 Å². The molecule has 0 radical (unpaired) electrons. The van der Waals surface area contributed by atoms with Gasteiger partial charge in [-0.05, 0) is 23.8 Å². The van der Waals surface area contributed by atoms with Gasteiger partial charge in [0.2, 0.25) is 0 Å². The molecule has 2 aromatic rings. The number of nitrogens with zero attached hydrogens (tertiary/aromatic N) is 3. The number of carbonyl (C=O) groups excluding carboxylic acids is 1. The second kappa shape index (κ2) is 11.3. The molecule has 0 unspecified atom stereocenters. The molecule has 1 aliphatic rings. The number of carbonyl (C=O) groups is 1. The van der Waals surface area contributed by atoms with Crippen molar-refractivity contribution >= 4 is 23.7 Å². The number of nitrogens with one attached hydrogen (secondary N) is 1. The quantitative estimate of drug-likeness (QED) is 0.498. The van der Waals surface area contributed by atoms with E-state index in [1.807, 2.05) is 17.0 Å². The number of hydrazone groups is 1. The minimum Gasteiger partial charge on any atom is -0.493 e. The molecule has 0 aliphatic carbocycles. The molecule has 1 heterocycles. The van der Waals surface area contributed by atoms with Crippen LogP contribution in [-0.2, 0) is 16.1 Å². The maximum Gasteiger partial charge on any atom is 0.254 e. The topological polar surface area (TPSA) is 96.2 Å². The van der Waals surface area contributed by atoms with Crippen LogP contribution in [0.1, 0.15) is 16.7 Å². The molecule has 31 heavy (non-hydrogen) atoms. The van der Waals surface area contributed by atoms with Crippen LogP contribution in [0, 0.1) is 11.3 Å². The molecule has 0 saturated carbocycles. The number of ether oxygens (including phenoxy) is 3. The maximum absolute atomic E-state index is 12.0. The summed E-state index contributed by atoms with van der Waals surface area (Å²) in [7, 11) is 1.51. The number of morpholine rings is 1. The van der Waals surface area contributed by atoms with Gasteiger partial charge in [-0.15, -0.1) is 0 Å². The summed E-state index contributed by atoms with van der Waals surface area (Å²) in [6.07, 6.45) is 1.49. The van der Waals surface area contributed by atoms with Gasteiger partial charge in [-0.2, -0.15) is 10.4 Å². The molecule has 0 atom stereocenters. The van der Waals surface area contributed by atoms with Gasteiger partial charge >= 0.3 is 0 Å². The largest absolute Gasteiger partial charge is 0.493 e. The van der Waals surface area contributed by atoms with Gasteiger partial charge in [0.05, 0.1) is 49.7 Å². The van der Waals surface area contributed by atoms with Crippen LogP contribution in [0.25, 0.3) is 0 Å². The standard InChI is InChI=1S/C22H23ClN4O4/c1-29-20-11-16(13-25-26-21(28)14-27-6-8-30-9-7-27)10-19(23)22(20)31-15-18-5-3-2-4-17(18)12-24/h2-5,10-11,13H,6-9,14-15H2,1H3,(H,26,28). The fourth-order valence-corrected chi connectivity index (χ4v) is 3.31. The Bertz CT molecular complexity index is 984. The first-order valence-corrected chi connectivity index (χ1v) is 10.1. The number of amides is 1. The van der Waals surface area contributed by atoms with E-state index in [4.69, 9.17) is 25.8 Å². The molecule has 162 valence electrons. The summed E-state index contributed by atoms with van der Waals surface area (Å²) in [6, 6.07) is 12.7. The van der Waals surface area contributed by atoms with Gasteiger partial charge < -0.3 is 14.2 Å². The molecule has 8 nitrogen and oxygen atoms in total. The van der Waals surface area contributed by atoms with Gasteiger partial charge in [0, 0.05) is 18.7 Å². The molecule has 9 heteroatoms. The average molecular weight is 443 g/mol. The van der Waals surface area contributed by atoms with Crippen LogP contribution in [0.5, 0.6) is 11.5 Å². The van der Waals surface area contributed by atoms with Crippen molar-refractivity contribution in [1.29, 1.82) is 5.26 Å². The average Bonchev–Trinajstić information content (AvgIpc) is 2.79. The zero-order chi connectivity index (χ0) is 22.1. The Morgan fingerprint density at radius 1 is 1.35 bits per heavy atom. The molecular weight excluding hydrogens is 420 g/mol. The van der Waals surface area contributed by atoms with E-state index < -0.39 is 0 Å². The highest BCUT2D eigenvalue weighted by molar-refractivity contribution is 6.32. The van der Waals surface area contributed by atoms with Crippen molar-refractivity contribution in [1.82, 2.24) is 10.3 Å². The van der Waals surface area contributed by atoms with E-state index in [0.717, 1.165) is 18.7 Å². The summed E-state index contributed by atoms with van der Waals surface area (Å²) < 4.78 is 16.5. The maximum atomic E-state index is 12.0. The highest BCUT2D eigenvalue weighted by Gasteiger charge is 2.14. The van der Waals surface area contributed by atoms with E-state index in [-0.39, 0.29) is 19.1 Å². The van der Waals surface area contributed by atoms with Crippen LogP contribution in [-0.4, -0.2) is 57.0 Å². The molecule has 1 amide bonds. The Balaban J connectivity index is 1.62. The summed E-state index contributed by atoms with van der Waals surface area (Å²) >= 11 is 6.39. The summed E-state index contributed by atoms with van der Waals surface area (Å²) in [5.74, 6) is 0.584. The number of hydrogen-bond donors (Lipinski definition) is 1. The van der Waals surface area contributed by atoms with Crippen molar-refractivity contribution < 1.29 is 19.0 Å². The fraction of sp³-hybridized carbons (Fsp3) is 0.318. The van der Waals surface area contributed by atoms with Gasteiger partial charge in [-0.1, -0.05) is 29.8 Å². The van der Waals surface area contributed by atoms with Crippen LogP contribution < -0.4 is 14.9 Å². The van der Waals surface area contributed by atoms with E-state index in [9.17, 15) is 10.1 Å². The van der Waals surface area contributed by atoms with E-state index in [0.29, 0.717) is 40.9 Å². The zero-order valence-electron chi connectivity index (χ0n) is 17.1. The minimum absolute atomic E-state index is 0.171. The molecule has 0 spiro atoms. The van der Waals surface area contributed by atoms with E-state index >= 15 is 0 Å². The first kappa shape index (κ1) is 22.6. The normalized spacial score (nSPS) is 14.2. The molecule has 0 bridgehead atoms. The highest BCUT2D eigenvalue weighted by Crippen LogP contribution is 2.36. The van der Waals surface area contributed by atoms with Gasteiger partial charge in [-0.25, -0.2) is 5.43 Å². The first-order chi connectivity index (χ1) is 15.1. The molecule has 1 saturated heterocycles. The van der Waals surface area contributed by atoms with E-state index in [1.54, 1.807) is 24.3 Å². The lowest BCUT2D eigenvalue weighted by Gasteiger charge is -2.25. The lowest BCUT2D eigenvalue weighted by molar-refractivity contribution is -0.123. The van der Waals surface area contributed by atoms with Gasteiger partial charge in [0.1, 0.15) is 6.61 Å². The van der Waals surface area contributed by atoms with Crippen molar-refractivity contribution in [3.63, 3.8) is 0 Å². The summed E-state index contributed by atoms with van der Waals surface area (Å²) in [6.45, 7) is 3.15. The predicted molar refractivity (Wildman–Crippen MR) is 116 cm³/mol. The number of rotatable bonds is 8. The van der Waals surface area contributed by atoms with E-state index in [2.05, 4.69) is 16.6 Å². The Morgan fingerprint density at radius 2 is 2.13 bits per heavy atom. The van der Waals surface area contributed by atoms with Gasteiger partial charge in [-0.3, -0.25) is 9.69 Å². The molecular formula is C22H23ClN4O4. The molecule has 1 N–H and O–H groups in total. The summed E-state index contributed by atoms with van der Waals surface area (Å²) in [4.78, 5) is 14.0. The van der Waals surface area contributed by atoms with Crippen LogP contribution in [0.3, 0.4) is 0 Å². The fourth-order valence-electron chi connectivity index (χ4n) is 3.04. The Hall–Kier alpha value is -3.12. The van der Waals surface area contributed by atoms with Crippen LogP contribution in [0.2, 0.25) is 5.02 Å². The predicted octanol–water partition coefficient (Wildman–Crippen LogP) is 2.58. The van der Waals surface area contributed by atoms with Crippen molar-refractivity contribution in [2.24, 2.45) is 5.10 Å². The second-order valence-electron chi connectivity index (χ2n) is 6.77. The molecule has 2 aromatic carbocycles. The lowest BCUT2D eigenvalue weighted by atomic mass is 10.1. The molecule has 1 aliphatic heterocycles. The third-order valence-electron chi connectivity index (χ3n) is 4.64. The van der Waals surface area contributed by atoms with E-state index in [1.165, 1.54) is 13.3 Å². The van der Waals surface area contributed by atoms with Crippen LogP contribution in [0.4, 0.5) is 0 Å². The highest BCUT2D eigenvalue weighted by atomic mass is 35.5. The van der Waals surface area contributed by atoms with Gasteiger partial charge in [0.25, 0.3) is 5.91 Å². The second-order valence-corrected chi connectivity index (χ2v) is 7.18. The number of nitriles is 1. The zero-order valence-corrected chi connectivity index (χ0v) is 17.9. The SMILES string of the molecule is COc1cc(C=NNC(=O)CN2CCOCC2)cc(Cl)c1OCc1ccccc1C#N. The minimum atomic E-state index is -0.202. The number of methoxy groups -OCH3 is 1.